The molecule has 1 saturated heterocycles. The van der Waals surface area contributed by atoms with Crippen LogP contribution in [0.5, 0.6) is 0 Å². The van der Waals surface area contributed by atoms with E-state index in [-0.39, 0.29) is 5.91 Å². The fraction of sp³-hybridized carbons (Fsp3) is 0.533. The summed E-state index contributed by atoms with van der Waals surface area (Å²) < 4.78 is 0. The van der Waals surface area contributed by atoms with Crippen molar-refractivity contribution in [2.45, 2.75) is 37.8 Å². The van der Waals surface area contributed by atoms with E-state index in [1.54, 1.807) is 4.90 Å². The van der Waals surface area contributed by atoms with Gasteiger partial charge in [-0.15, -0.1) is 0 Å². The second-order valence-corrected chi connectivity index (χ2v) is 5.56. The number of nitrogens with two attached hydrogens (primary N) is 1. The van der Waals surface area contributed by atoms with Crippen LogP contribution in [-0.4, -0.2) is 34.6 Å². The lowest BCUT2D eigenvalue weighted by atomic mass is 9.98. The minimum Gasteiger partial charge on any atom is -0.390 e. The average Bonchev–Trinajstić information content (AvgIpc) is 2.59. The maximum atomic E-state index is 12.4. The van der Waals surface area contributed by atoms with Crippen molar-refractivity contribution in [2.24, 2.45) is 5.73 Å². The molecule has 104 valence electrons. The van der Waals surface area contributed by atoms with Gasteiger partial charge in [0.05, 0.1) is 5.60 Å². The number of aliphatic hydroxyl groups is 1. The molecule has 0 radical (unpaired) electrons. The Kier molecular flexibility index (Phi) is 4.22. The van der Waals surface area contributed by atoms with Crippen LogP contribution in [0.25, 0.3) is 0 Å². The van der Waals surface area contributed by atoms with E-state index in [1.165, 1.54) is 0 Å². The summed E-state index contributed by atoms with van der Waals surface area (Å²) in [5.74, 6) is -0.0519. The molecule has 0 aromatic heterocycles. The molecule has 0 bridgehead atoms. The van der Waals surface area contributed by atoms with Crippen LogP contribution in [0.4, 0.5) is 0 Å². The number of carbonyl (C=O) groups excluding carboxylic acids is 1. The summed E-state index contributed by atoms with van der Waals surface area (Å²) in [5.41, 5.74) is 6.21. The van der Waals surface area contributed by atoms with E-state index in [9.17, 15) is 9.90 Å². The molecular formula is C15H22N2O2. The van der Waals surface area contributed by atoms with Crippen molar-refractivity contribution in [1.29, 1.82) is 0 Å². The number of amides is 1. The number of hydrogen-bond acceptors (Lipinski definition) is 3. The fourth-order valence-corrected chi connectivity index (χ4v) is 2.48. The Morgan fingerprint density at radius 1 is 1.32 bits per heavy atom. The maximum absolute atomic E-state index is 12.4. The zero-order chi connectivity index (χ0) is 13.9. The van der Waals surface area contributed by atoms with E-state index in [2.05, 4.69) is 0 Å². The molecule has 2 rings (SSSR count). The van der Waals surface area contributed by atoms with Crippen molar-refractivity contribution < 1.29 is 9.90 Å². The molecule has 1 fully saturated rings. The number of hydrogen-bond donors (Lipinski definition) is 2. The first-order valence-electron chi connectivity index (χ1n) is 6.81. The predicted octanol–water partition coefficient (Wildman–Crippen LogP) is 1.45. The van der Waals surface area contributed by atoms with Crippen molar-refractivity contribution in [3.05, 3.63) is 35.9 Å². The summed E-state index contributed by atoms with van der Waals surface area (Å²) in [4.78, 5) is 14.2. The first-order chi connectivity index (χ1) is 8.99. The molecule has 0 aliphatic carbocycles. The van der Waals surface area contributed by atoms with Crippen molar-refractivity contribution in [3.8, 4) is 0 Å². The van der Waals surface area contributed by atoms with Crippen LogP contribution in [0.2, 0.25) is 0 Å². The van der Waals surface area contributed by atoms with Crippen LogP contribution in [0.3, 0.4) is 0 Å². The molecule has 1 aromatic rings. The summed E-state index contributed by atoms with van der Waals surface area (Å²) in [6.45, 7) is 3.08. The highest BCUT2D eigenvalue weighted by Gasteiger charge is 2.29. The van der Waals surface area contributed by atoms with Crippen LogP contribution in [0.1, 0.15) is 37.8 Å². The predicted molar refractivity (Wildman–Crippen MR) is 74.4 cm³/mol. The van der Waals surface area contributed by atoms with Crippen molar-refractivity contribution in [1.82, 2.24) is 4.90 Å². The number of carbonyl (C=O) groups is 1. The van der Waals surface area contributed by atoms with Crippen LogP contribution in [-0.2, 0) is 4.79 Å². The van der Waals surface area contributed by atoms with Gasteiger partial charge in [-0.2, -0.15) is 0 Å². The van der Waals surface area contributed by atoms with Gasteiger partial charge in [0, 0.05) is 13.1 Å². The van der Waals surface area contributed by atoms with E-state index >= 15 is 0 Å². The molecule has 19 heavy (non-hydrogen) atoms. The van der Waals surface area contributed by atoms with Gasteiger partial charge in [-0.25, -0.2) is 0 Å². The Morgan fingerprint density at radius 2 is 2.00 bits per heavy atom. The molecule has 1 unspecified atom stereocenters. The van der Waals surface area contributed by atoms with E-state index in [1.807, 2.05) is 37.3 Å². The van der Waals surface area contributed by atoms with Gasteiger partial charge in [-0.3, -0.25) is 4.79 Å². The summed E-state index contributed by atoms with van der Waals surface area (Å²) in [6, 6.07) is 8.81. The molecule has 2 atom stereocenters. The SMILES string of the molecule is CC1(O)CCCN(C(=O)[C@@H](N)c2ccccc2)CC1. The topological polar surface area (TPSA) is 66.6 Å². The minimum atomic E-state index is -0.661. The minimum absolute atomic E-state index is 0.0519. The molecule has 1 aliphatic rings. The summed E-state index contributed by atoms with van der Waals surface area (Å²) >= 11 is 0. The lowest BCUT2D eigenvalue weighted by Gasteiger charge is -2.25. The van der Waals surface area contributed by atoms with E-state index in [0.29, 0.717) is 19.5 Å². The Hall–Kier alpha value is -1.39. The van der Waals surface area contributed by atoms with Gasteiger partial charge in [0.1, 0.15) is 6.04 Å². The third-order valence-corrected chi connectivity index (χ3v) is 3.80. The maximum Gasteiger partial charge on any atom is 0.244 e. The van der Waals surface area contributed by atoms with Gasteiger partial charge >= 0.3 is 0 Å². The molecule has 1 aliphatic heterocycles. The highest BCUT2D eigenvalue weighted by atomic mass is 16.3. The number of benzene rings is 1. The second-order valence-electron chi connectivity index (χ2n) is 5.56. The van der Waals surface area contributed by atoms with Gasteiger partial charge in [-0.1, -0.05) is 30.3 Å². The standard InChI is InChI=1S/C15H22N2O2/c1-15(19)8-5-10-17(11-9-15)14(18)13(16)12-6-3-2-4-7-12/h2-4,6-7,13,19H,5,8-11,16H2,1H3/t13-,15?/m0/s1. The Morgan fingerprint density at radius 3 is 2.68 bits per heavy atom. The van der Waals surface area contributed by atoms with E-state index in [0.717, 1.165) is 18.4 Å². The molecule has 0 spiro atoms. The lowest BCUT2D eigenvalue weighted by molar-refractivity contribution is -0.132. The molecule has 1 aromatic carbocycles. The van der Waals surface area contributed by atoms with Gasteiger partial charge in [0.15, 0.2) is 0 Å². The van der Waals surface area contributed by atoms with Gasteiger partial charge in [0.25, 0.3) is 0 Å². The first-order valence-corrected chi connectivity index (χ1v) is 6.81. The lowest BCUT2D eigenvalue weighted by Crippen LogP contribution is -2.39. The van der Waals surface area contributed by atoms with Crippen LogP contribution < -0.4 is 5.73 Å². The van der Waals surface area contributed by atoms with Crippen LogP contribution in [0, 0.1) is 0 Å². The Balaban J connectivity index is 2.03. The Labute approximate surface area is 114 Å². The monoisotopic (exact) mass is 262 g/mol. The molecule has 0 saturated carbocycles. The van der Waals surface area contributed by atoms with Gasteiger partial charge < -0.3 is 15.7 Å². The third-order valence-electron chi connectivity index (χ3n) is 3.80. The number of rotatable bonds is 2. The summed E-state index contributed by atoms with van der Waals surface area (Å²) in [6.07, 6.45) is 2.16. The number of likely N-dealkylation sites (tertiary alicyclic amines) is 1. The molecule has 4 heteroatoms. The van der Waals surface area contributed by atoms with Crippen molar-refractivity contribution in [2.75, 3.05) is 13.1 Å². The first kappa shape index (κ1) is 14.0. The highest BCUT2D eigenvalue weighted by Crippen LogP contribution is 2.23. The zero-order valence-corrected chi connectivity index (χ0v) is 11.4. The van der Waals surface area contributed by atoms with Crippen molar-refractivity contribution >= 4 is 5.91 Å². The normalized spacial score (nSPS) is 25.7. The Bertz CT molecular complexity index is 431. The largest absolute Gasteiger partial charge is 0.390 e. The molecule has 1 heterocycles. The van der Waals surface area contributed by atoms with E-state index < -0.39 is 11.6 Å². The second kappa shape index (κ2) is 5.72. The summed E-state index contributed by atoms with van der Waals surface area (Å²) in [7, 11) is 0. The summed E-state index contributed by atoms with van der Waals surface area (Å²) in [5, 5.41) is 10.0. The quantitative estimate of drug-likeness (QED) is 0.847. The van der Waals surface area contributed by atoms with Crippen LogP contribution >= 0.6 is 0 Å². The van der Waals surface area contributed by atoms with E-state index in [4.69, 9.17) is 5.73 Å². The average molecular weight is 262 g/mol. The third kappa shape index (κ3) is 3.55. The highest BCUT2D eigenvalue weighted by molar-refractivity contribution is 5.83. The molecule has 3 N–H and O–H groups in total. The van der Waals surface area contributed by atoms with Crippen LogP contribution in [0.15, 0.2) is 30.3 Å². The molecule has 1 amide bonds. The fourth-order valence-electron chi connectivity index (χ4n) is 2.48. The van der Waals surface area contributed by atoms with Crippen molar-refractivity contribution in [3.63, 3.8) is 0 Å². The number of nitrogens with zero attached hydrogens (tertiary/aromatic N) is 1. The smallest absolute Gasteiger partial charge is 0.244 e. The molecular weight excluding hydrogens is 240 g/mol. The van der Waals surface area contributed by atoms with Gasteiger partial charge in [0.2, 0.25) is 5.91 Å². The molecule has 4 nitrogen and oxygen atoms in total. The zero-order valence-electron chi connectivity index (χ0n) is 11.4. The van der Waals surface area contributed by atoms with Gasteiger partial charge in [-0.05, 0) is 31.7 Å².